The van der Waals surface area contributed by atoms with Crippen LogP contribution in [0.1, 0.15) is 10.4 Å². The van der Waals surface area contributed by atoms with Crippen molar-refractivity contribution in [1.82, 2.24) is 19.8 Å². The van der Waals surface area contributed by atoms with Gasteiger partial charge in [-0.2, -0.15) is 9.61 Å². The lowest BCUT2D eigenvalue weighted by molar-refractivity contribution is 0.112. The standard InChI is InChI=1S/C10H6N4OS/c15-5-7-1-3-8(4-2-7)9-13-14-6-11-12-10(14)16-9/h1-6H. The van der Waals surface area contributed by atoms with Crippen LogP contribution in [0.15, 0.2) is 30.6 Å². The molecule has 2 heterocycles. The van der Waals surface area contributed by atoms with Gasteiger partial charge in [-0.05, 0) is 0 Å². The summed E-state index contributed by atoms with van der Waals surface area (Å²) in [6.45, 7) is 0. The van der Waals surface area contributed by atoms with Crippen molar-refractivity contribution in [2.75, 3.05) is 0 Å². The minimum Gasteiger partial charge on any atom is -0.298 e. The van der Waals surface area contributed by atoms with Crippen LogP contribution in [0.25, 0.3) is 15.5 Å². The Morgan fingerprint density at radius 2 is 2.06 bits per heavy atom. The van der Waals surface area contributed by atoms with Crippen molar-refractivity contribution in [3.63, 3.8) is 0 Å². The molecule has 0 spiro atoms. The number of carbonyl (C=O) groups excluding carboxylic acids is 1. The molecule has 0 bridgehead atoms. The number of aldehydes is 1. The van der Waals surface area contributed by atoms with Gasteiger partial charge in [0.2, 0.25) is 4.96 Å². The van der Waals surface area contributed by atoms with Crippen molar-refractivity contribution >= 4 is 22.6 Å². The van der Waals surface area contributed by atoms with Crippen molar-refractivity contribution in [3.8, 4) is 10.6 Å². The number of benzene rings is 1. The van der Waals surface area contributed by atoms with Crippen LogP contribution in [0.5, 0.6) is 0 Å². The van der Waals surface area contributed by atoms with Crippen LogP contribution in [0.2, 0.25) is 0 Å². The quantitative estimate of drug-likeness (QED) is 0.628. The molecule has 0 unspecified atom stereocenters. The zero-order chi connectivity index (χ0) is 11.0. The van der Waals surface area contributed by atoms with Crippen molar-refractivity contribution in [1.29, 1.82) is 0 Å². The maximum absolute atomic E-state index is 10.5. The highest BCUT2D eigenvalue weighted by Gasteiger charge is 2.06. The summed E-state index contributed by atoms with van der Waals surface area (Å²) in [5, 5.41) is 12.8. The Kier molecular flexibility index (Phi) is 2.00. The van der Waals surface area contributed by atoms with Gasteiger partial charge in [0.15, 0.2) is 0 Å². The smallest absolute Gasteiger partial charge is 0.234 e. The van der Waals surface area contributed by atoms with Gasteiger partial charge in [0.05, 0.1) is 0 Å². The molecule has 0 saturated heterocycles. The molecule has 2 aromatic heterocycles. The number of fused-ring (bicyclic) bond motifs is 1. The third-order valence-electron chi connectivity index (χ3n) is 2.18. The lowest BCUT2D eigenvalue weighted by atomic mass is 10.2. The van der Waals surface area contributed by atoms with E-state index >= 15 is 0 Å². The molecule has 3 aromatic rings. The minimum atomic E-state index is 0.659. The molecular weight excluding hydrogens is 224 g/mol. The van der Waals surface area contributed by atoms with Crippen LogP contribution in [0.4, 0.5) is 0 Å². The molecule has 0 aliphatic carbocycles. The summed E-state index contributed by atoms with van der Waals surface area (Å²) in [7, 11) is 0. The summed E-state index contributed by atoms with van der Waals surface area (Å²) in [5.74, 6) is 0. The molecule has 0 fully saturated rings. The summed E-state index contributed by atoms with van der Waals surface area (Å²) in [5.41, 5.74) is 1.63. The maximum atomic E-state index is 10.5. The molecular formula is C10H6N4OS. The molecule has 3 rings (SSSR count). The Morgan fingerprint density at radius 3 is 2.75 bits per heavy atom. The van der Waals surface area contributed by atoms with E-state index in [1.807, 2.05) is 12.1 Å². The number of carbonyl (C=O) groups is 1. The van der Waals surface area contributed by atoms with Gasteiger partial charge in [-0.15, -0.1) is 10.2 Å². The fourth-order valence-electron chi connectivity index (χ4n) is 1.38. The van der Waals surface area contributed by atoms with Crippen LogP contribution in [-0.2, 0) is 0 Å². The molecule has 0 saturated carbocycles. The number of hydrogen-bond acceptors (Lipinski definition) is 5. The van der Waals surface area contributed by atoms with Crippen molar-refractivity contribution in [3.05, 3.63) is 36.2 Å². The molecule has 0 aliphatic heterocycles. The Labute approximate surface area is 94.4 Å². The molecule has 0 N–H and O–H groups in total. The fourth-order valence-corrected chi connectivity index (χ4v) is 2.21. The lowest BCUT2D eigenvalue weighted by Gasteiger charge is -1.94. The SMILES string of the molecule is O=Cc1ccc(-c2nn3cnnc3s2)cc1. The average molecular weight is 230 g/mol. The van der Waals surface area contributed by atoms with E-state index in [0.29, 0.717) is 5.56 Å². The third-order valence-corrected chi connectivity index (χ3v) is 3.14. The first-order chi connectivity index (χ1) is 7.86. The predicted molar refractivity (Wildman–Crippen MR) is 59.5 cm³/mol. The first-order valence-corrected chi connectivity index (χ1v) is 5.41. The number of rotatable bonds is 2. The van der Waals surface area contributed by atoms with Crippen LogP contribution < -0.4 is 0 Å². The Hall–Kier alpha value is -2.08. The zero-order valence-electron chi connectivity index (χ0n) is 8.07. The van der Waals surface area contributed by atoms with E-state index in [2.05, 4.69) is 15.3 Å². The molecule has 6 heteroatoms. The second kappa shape index (κ2) is 3.49. The molecule has 0 atom stereocenters. The van der Waals surface area contributed by atoms with Crippen LogP contribution in [-0.4, -0.2) is 26.1 Å². The predicted octanol–water partition coefficient (Wildman–Crippen LogP) is 1.67. The summed E-state index contributed by atoms with van der Waals surface area (Å²) in [6, 6.07) is 7.28. The maximum Gasteiger partial charge on any atom is 0.234 e. The highest BCUT2D eigenvalue weighted by atomic mass is 32.1. The van der Waals surface area contributed by atoms with E-state index in [-0.39, 0.29) is 0 Å². The first kappa shape index (κ1) is 9.17. The fraction of sp³-hybridized carbons (Fsp3) is 0. The number of nitrogens with zero attached hydrogens (tertiary/aromatic N) is 4. The Bertz CT molecular complexity index is 612. The molecule has 0 aliphatic rings. The first-order valence-electron chi connectivity index (χ1n) is 4.59. The van der Waals surface area contributed by atoms with Gasteiger partial charge in [0.25, 0.3) is 0 Å². The van der Waals surface area contributed by atoms with E-state index in [9.17, 15) is 4.79 Å². The topological polar surface area (TPSA) is 60.2 Å². The largest absolute Gasteiger partial charge is 0.298 e. The van der Waals surface area contributed by atoms with Crippen molar-refractivity contribution in [2.45, 2.75) is 0 Å². The van der Waals surface area contributed by atoms with Gasteiger partial charge >= 0.3 is 0 Å². The molecule has 0 amide bonds. The van der Waals surface area contributed by atoms with Crippen molar-refractivity contribution < 1.29 is 4.79 Å². The number of hydrogen-bond donors (Lipinski definition) is 0. The van der Waals surface area contributed by atoms with E-state index < -0.39 is 0 Å². The normalized spacial score (nSPS) is 10.8. The van der Waals surface area contributed by atoms with E-state index in [1.54, 1.807) is 23.0 Å². The summed E-state index contributed by atoms with van der Waals surface area (Å²) in [4.78, 5) is 11.3. The van der Waals surface area contributed by atoms with Crippen LogP contribution in [0.3, 0.4) is 0 Å². The van der Waals surface area contributed by atoms with E-state index in [0.717, 1.165) is 21.8 Å². The summed E-state index contributed by atoms with van der Waals surface area (Å²) < 4.78 is 1.63. The van der Waals surface area contributed by atoms with Gasteiger partial charge in [0, 0.05) is 11.1 Å². The molecule has 0 radical (unpaired) electrons. The third kappa shape index (κ3) is 1.40. The Morgan fingerprint density at radius 1 is 1.25 bits per heavy atom. The van der Waals surface area contributed by atoms with Gasteiger partial charge in [0.1, 0.15) is 17.6 Å². The molecule has 78 valence electrons. The van der Waals surface area contributed by atoms with Crippen LogP contribution >= 0.6 is 11.3 Å². The molecule has 1 aromatic carbocycles. The molecule has 16 heavy (non-hydrogen) atoms. The second-order valence-electron chi connectivity index (χ2n) is 3.21. The van der Waals surface area contributed by atoms with Gasteiger partial charge in [-0.3, -0.25) is 4.79 Å². The zero-order valence-corrected chi connectivity index (χ0v) is 8.89. The highest BCUT2D eigenvalue weighted by Crippen LogP contribution is 2.24. The Balaban J connectivity index is 2.08. The summed E-state index contributed by atoms with van der Waals surface area (Å²) in [6.07, 6.45) is 2.39. The summed E-state index contributed by atoms with van der Waals surface area (Å²) >= 11 is 1.46. The van der Waals surface area contributed by atoms with Crippen molar-refractivity contribution in [2.24, 2.45) is 0 Å². The number of aromatic nitrogens is 4. The average Bonchev–Trinajstić information content (AvgIpc) is 2.89. The van der Waals surface area contributed by atoms with Gasteiger partial charge in [-0.1, -0.05) is 35.6 Å². The minimum absolute atomic E-state index is 0.659. The lowest BCUT2D eigenvalue weighted by Crippen LogP contribution is -1.83. The van der Waals surface area contributed by atoms with E-state index in [1.165, 1.54) is 11.3 Å². The van der Waals surface area contributed by atoms with Gasteiger partial charge < -0.3 is 0 Å². The van der Waals surface area contributed by atoms with Crippen LogP contribution in [0, 0.1) is 0 Å². The molecule has 5 nitrogen and oxygen atoms in total. The second-order valence-corrected chi connectivity index (χ2v) is 4.16. The monoisotopic (exact) mass is 230 g/mol. The highest BCUT2D eigenvalue weighted by molar-refractivity contribution is 7.19. The van der Waals surface area contributed by atoms with E-state index in [4.69, 9.17) is 0 Å². The van der Waals surface area contributed by atoms with Gasteiger partial charge in [-0.25, -0.2) is 0 Å².